The van der Waals surface area contributed by atoms with Gasteiger partial charge in [-0.15, -0.1) is 0 Å². The molecule has 1 aromatic carbocycles. The molecule has 0 spiro atoms. The number of methoxy groups -OCH3 is 1. The molecule has 0 radical (unpaired) electrons. The summed E-state index contributed by atoms with van der Waals surface area (Å²) < 4.78 is 24.3. The molecule has 0 heterocycles. The van der Waals surface area contributed by atoms with Crippen LogP contribution in [0.2, 0.25) is 0 Å². The van der Waals surface area contributed by atoms with E-state index in [0.717, 1.165) is 0 Å². The third kappa shape index (κ3) is 3.66. The van der Waals surface area contributed by atoms with Crippen LogP contribution in [-0.2, 0) is 4.74 Å². The smallest absolute Gasteiger partial charge is 0.169 e. The number of hydrogen-bond donors (Lipinski definition) is 2. The number of rotatable bonds is 6. The second-order valence-electron chi connectivity index (χ2n) is 3.96. The van der Waals surface area contributed by atoms with Crippen LogP contribution in [0.3, 0.4) is 0 Å². The van der Waals surface area contributed by atoms with Crippen LogP contribution in [0.1, 0.15) is 25.5 Å². The Morgan fingerprint density at radius 2 is 2.12 bits per heavy atom. The summed E-state index contributed by atoms with van der Waals surface area (Å²) in [7, 11) is 1.43. The van der Waals surface area contributed by atoms with E-state index in [2.05, 4.69) is 5.43 Å². The van der Waals surface area contributed by atoms with Crippen LogP contribution in [0.4, 0.5) is 4.39 Å². The lowest BCUT2D eigenvalue weighted by atomic mass is 10.1. The van der Waals surface area contributed by atoms with E-state index in [1.54, 1.807) is 18.2 Å². The summed E-state index contributed by atoms with van der Waals surface area (Å²) in [4.78, 5) is 0. The van der Waals surface area contributed by atoms with Crippen LogP contribution in [0.5, 0.6) is 5.75 Å². The van der Waals surface area contributed by atoms with Crippen LogP contribution in [0.15, 0.2) is 18.2 Å². The van der Waals surface area contributed by atoms with E-state index in [1.165, 1.54) is 7.11 Å². The molecule has 1 aromatic rings. The lowest BCUT2D eigenvalue weighted by Gasteiger charge is -2.19. The third-order valence-corrected chi connectivity index (χ3v) is 2.39. The summed E-state index contributed by atoms with van der Waals surface area (Å²) in [6.07, 6.45) is 0.0690. The number of hydrogen-bond acceptors (Lipinski definition) is 4. The van der Waals surface area contributed by atoms with Crippen LogP contribution in [0.25, 0.3) is 0 Å². The maximum absolute atomic E-state index is 14.0. The van der Waals surface area contributed by atoms with E-state index in [1.807, 2.05) is 13.8 Å². The Balaban J connectivity index is 2.87. The van der Waals surface area contributed by atoms with E-state index in [0.29, 0.717) is 12.2 Å². The quantitative estimate of drug-likeness (QED) is 0.589. The van der Waals surface area contributed by atoms with Crippen molar-refractivity contribution in [3.8, 4) is 5.75 Å². The van der Waals surface area contributed by atoms with E-state index in [4.69, 9.17) is 15.3 Å². The van der Waals surface area contributed by atoms with Gasteiger partial charge in [-0.2, -0.15) is 0 Å². The SMILES string of the molecule is COc1cccc(C(COC(C)C)NN)c1F. The van der Waals surface area contributed by atoms with Gasteiger partial charge in [0.2, 0.25) is 0 Å². The lowest BCUT2D eigenvalue weighted by molar-refractivity contribution is 0.0603. The summed E-state index contributed by atoms with van der Waals surface area (Å²) in [5.41, 5.74) is 2.98. The van der Waals surface area contributed by atoms with Gasteiger partial charge in [0.1, 0.15) is 0 Å². The van der Waals surface area contributed by atoms with Gasteiger partial charge in [0.15, 0.2) is 11.6 Å². The van der Waals surface area contributed by atoms with Crippen molar-refractivity contribution in [2.75, 3.05) is 13.7 Å². The van der Waals surface area contributed by atoms with Gasteiger partial charge in [0.25, 0.3) is 0 Å². The predicted octanol–water partition coefficient (Wildman–Crippen LogP) is 1.76. The minimum atomic E-state index is -0.412. The molecule has 0 amide bonds. The Bertz CT molecular complexity index is 358. The number of halogens is 1. The first-order chi connectivity index (χ1) is 8.10. The van der Waals surface area contributed by atoms with E-state index < -0.39 is 11.9 Å². The molecule has 0 aliphatic carbocycles. The highest BCUT2D eigenvalue weighted by atomic mass is 19.1. The topological polar surface area (TPSA) is 56.5 Å². The van der Waals surface area contributed by atoms with Crippen molar-refractivity contribution in [3.05, 3.63) is 29.6 Å². The average molecular weight is 242 g/mol. The molecule has 4 nitrogen and oxygen atoms in total. The van der Waals surface area contributed by atoms with Gasteiger partial charge in [-0.3, -0.25) is 11.3 Å². The van der Waals surface area contributed by atoms with Gasteiger partial charge in [0.05, 0.1) is 25.9 Å². The summed E-state index contributed by atoms with van der Waals surface area (Å²) >= 11 is 0. The van der Waals surface area contributed by atoms with Gasteiger partial charge in [-0.05, 0) is 19.9 Å². The monoisotopic (exact) mass is 242 g/mol. The minimum absolute atomic E-state index is 0.0690. The van der Waals surface area contributed by atoms with Gasteiger partial charge < -0.3 is 9.47 Å². The fourth-order valence-electron chi connectivity index (χ4n) is 1.47. The van der Waals surface area contributed by atoms with Crippen molar-refractivity contribution in [2.24, 2.45) is 5.84 Å². The summed E-state index contributed by atoms with van der Waals surface area (Å²) in [6.45, 7) is 4.13. The molecular weight excluding hydrogens is 223 g/mol. The molecule has 96 valence electrons. The van der Waals surface area contributed by atoms with Gasteiger partial charge in [-0.25, -0.2) is 4.39 Å². The zero-order valence-corrected chi connectivity index (χ0v) is 10.4. The van der Waals surface area contributed by atoms with Gasteiger partial charge in [-0.1, -0.05) is 12.1 Å². The van der Waals surface area contributed by atoms with Crippen LogP contribution in [-0.4, -0.2) is 19.8 Å². The normalized spacial score (nSPS) is 12.8. The first-order valence-electron chi connectivity index (χ1n) is 5.50. The van der Waals surface area contributed by atoms with Crippen molar-refractivity contribution in [2.45, 2.75) is 26.0 Å². The highest BCUT2D eigenvalue weighted by molar-refractivity contribution is 5.33. The largest absolute Gasteiger partial charge is 0.494 e. The molecule has 5 heteroatoms. The minimum Gasteiger partial charge on any atom is -0.494 e. The number of hydrazine groups is 1. The van der Waals surface area contributed by atoms with Crippen molar-refractivity contribution in [1.82, 2.24) is 5.43 Å². The fourth-order valence-corrected chi connectivity index (χ4v) is 1.47. The predicted molar refractivity (Wildman–Crippen MR) is 64.1 cm³/mol. The van der Waals surface area contributed by atoms with Crippen LogP contribution in [0, 0.1) is 5.82 Å². The molecular formula is C12H19FN2O2. The Labute approximate surface area is 101 Å². The molecule has 1 atom stereocenters. The molecule has 17 heavy (non-hydrogen) atoms. The molecule has 0 saturated carbocycles. The fraction of sp³-hybridized carbons (Fsp3) is 0.500. The highest BCUT2D eigenvalue weighted by Gasteiger charge is 2.17. The molecule has 0 bridgehead atoms. The number of ether oxygens (including phenoxy) is 2. The van der Waals surface area contributed by atoms with Gasteiger partial charge in [0, 0.05) is 5.56 Å². The number of nitrogens with one attached hydrogen (secondary N) is 1. The summed E-state index contributed by atoms with van der Waals surface area (Å²) in [5.74, 6) is 5.20. The molecule has 3 N–H and O–H groups in total. The van der Waals surface area contributed by atoms with Crippen molar-refractivity contribution < 1.29 is 13.9 Å². The van der Waals surface area contributed by atoms with Gasteiger partial charge >= 0.3 is 0 Å². The zero-order valence-electron chi connectivity index (χ0n) is 10.4. The molecule has 1 rings (SSSR count). The van der Waals surface area contributed by atoms with Crippen molar-refractivity contribution in [1.29, 1.82) is 0 Å². The Morgan fingerprint density at radius 3 is 2.65 bits per heavy atom. The first kappa shape index (κ1) is 13.9. The van der Waals surface area contributed by atoms with E-state index >= 15 is 0 Å². The van der Waals surface area contributed by atoms with Crippen molar-refractivity contribution >= 4 is 0 Å². The van der Waals surface area contributed by atoms with Crippen LogP contribution >= 0.6 is 0 Å². The maximum atomic E-state index is 14.0. The molecule has 0 aromatic heterocycles. The molecule has 0 fully saturated rings. The van der Waals surface area contributed by atoms with E-state index in [9.17, 15) is 4.39 Å². The Morgan fingerprint density at radius 1 is 1.41 bits per heavy atom. The second-order valence-corrected chi connectivity index (χ2v) is 3.96. The maximum Gasteiger partial charge on any atom is 0.169 e. The molecule has 0 aliphatic heterocycles. The van der Waals surface area contributed by atoms with Crippen molar-refractivity contribution in [3.63, 3.8) is 0 Å². The Hall–Kier alpha value is -1.17. The first-order valence-corrected chi connectivity index (χ1v) is 5.50. The number of benzene rings is 1. The van der Waals surface area contributed by atoms with E-state index in [-0.39, 0.29) is 11.9 Å². The highest BCUT2D eigenvalue weighted by Crippen LogP contribution is 2.25. The summed E-state index contributed by atoms with van der Waals surface area (Å²) in [5, 5.41) is 0. The third-order valence-electron chi connectivity index (χ3n) is 2.39. The Kier molecular flexibility index (Phi) is 5.34. The summed E-state index contributed by atoms with van der Waals surface area (Å²) in [6, 6.07) is 4.55. The zero-order chi connectivity index (χ0) is 12.8. The molecule has 0 saturated heterocycles. The molecule has 0 aliphatic rings. The number of nitrogens with two attached hydrogens (primary N) is 1. The van der Waals surface area contributed by atoms with Crippen LogP contribution < -0.4 is 16.0 Å². The molecule has 1 unspecified atom stereocenters. The standard InChI is InChI=1S/C12H19FN2O2/c1-8(2)17-7-10(15-14)9-5-4-6-11(16-3)12(9)13/h4-6,8,10,15H,7,14H2,1-3H3. The lowest BCUT2D eigenvalue weighted by Crippen LogP contribution is -2.32. The second kappa shape index (κ2) is 6.54. The average Bonchev–Trinajstić information content (AvgIpc) is 2.31.